The van der Waals surface area contributed by atoms with Gasteiger partial charge < -0.3 is 9.47 Å². The summed E-state index contributed by atoms with van der Waals surface area (Å²) in [7, 11) is 0. The Morgan fingerprint density at radius 2 is 2.00 bits per heavy atom. The van der Waals surface area contributed by atoms with Crippen LogP contribution in [-0.2, 0) is 16.0 Å². The number of aryl methyl sites for hydroxylation is 1. The van der Waals surface area contributed by atoms with E-state index in [4.69, 9.17) is 9.47 Å². The van der Waals surface area contributed by atoms with Crippen molar-refractivity contribution in [3.63, 3.8) is 0 Å². The van der Waals surface area contributed by atoms with Crippen LogP contribution in [0.15, 0.2) is 36.1 Å². The number of hydrogen-bond acceptors (Lipinski definition) is 3. The number of rotatable bonds is 7. The van der Waals surface area contributed by atoms with Crippen LogP contribution in [0.3, 0.4) is 0 Å². The van der Waals surface area contributed by atoms with Gasteiger partial charge in [0, 0.05) is 0 Å². The molecule has 0 aliphatic rings. The van der Waals surface area contributed by atoms with Crippen molar-refractivity contribution in [2.24, 2.45) is 0 Å². The average Bonchev–Trinajstić information content (AvgIpc) is 2.37. The molecule has 0 saturated carbocycles. The largest absolute Gasteiger partial charge is 0.463 e. The van der Waals surface area contributed by atoms with Crippen molar-refractivity contribution < 1.29 is 14.3 Å². The predicted molar refractivity (Wildman–Crippen MR) is 76.1 cm³/mol. The van der Waals surface area contributed by atoms with Gasteiger partial charge in [-0.25, -0.2) is 4.79 Å². The molecule has 0 heterocycles. The molecule has 0 aliphatic carbocycles. The Labute approximate surface area is 115 Å². The molecule has 19 heavy (non-hydrogen) atoms. The number of carbonyl (C=O) groups excluding carboxylic acids is 1. The number of para-hydroxylation sites is 1. The van der Waals surface area contributed by atoms with E-state index in [1.165, 1.54) is 11.6 Å². The molecule has 0 aliphatic heterocycles. The summed E-state index contributed by atoms with van der Waals surface area (Å²) in [6.07, 6.45) is 4.63. The molecular weight excluding hydrogens is 240 g/mol. The van der Waals surface area contributed by atoms with Crippen LogP contribution < -0.4 is 4.74 Å². The molecule has 0 bridgehead atoms. The monoisotopic (exact) mass is 262 g/mol. The fourth-order valence-corrected chi connectivity index (χ4v) is 1.73. The van der Waals surface area contributed by atoms with Gasteiger partial charge in [0.2, 0.25) is 0 Å². The first-order chi connectivity index (χ1) is 9.17. The average molecular weight is 262 g/mol. The molecule has 0 unspecified atom stereocenters. The van der Waals surface area contributed by atoms with Gasteiger partial charge in [0.1, 0.15) is 11.5 Å². The molecule has 3 nitrogen and oxygen atoms in total. The molecule has 0 radical (unpaired) electrons. The van der Waals surface area contributed by atoms with E-state index in [0.29, 0.717) is 12.4 Å². The van der Waals surface area contributed by atoms with Gasteiger partial charge in [-0.2, -0.15) is 0 Å². The number of allylic oxidation sites excluding steroid dienone is 1. The Hall–Kier alpha value is -1.77. The van der Waals surface area contributed by atoms with Crippen molar-refractivity contribution in [3.05, 3.63) is 41.7 Å². The maximum Gasteiger partial charge on any atom is 0.334 e. The van der Waals surface area contributed by atoms with Gasteiger partial charge >= 0.3 is 5.97 Å². The van der Waals surface area contributed by atoms with Crippen molar-refractivity contribution in [1.29, 1.82) is 0 Å². The van der Waals surface area contributed by atoms with Crippen LogP contribution in [0.4, 0.5) is 0 Å². The van der Waals surface area contributed by atoms with Gasteiger partial charge in [0.25, 0.3) is 0 Å². The summed E-state index contributed by atoms with van der Waals surface area (Å²) in [5, 5.41) is 0. The van der Waals surface area contributed by atoms with E-state index in [2.05, 4.69) is 13.0 Å². The molecule has 104 valence electrons. The number of carbonyl (C=O) groups is 1. The lowest BCUT2D eigenvalue weighted by atomic mass is 10.1. The zero-order valence-corrected chi connectivity index (χ0v) is 11.9. The summed E-state index contributed by atoms with van der Waals surface area (Å²) in [4.78, 5) is 11.3. The van der Waals surface area contributed by atoms with E-state index in [-0.39, 0.29) is 5.97 Å². The molecule has 1 rings (SSSR count). The van der Waals surface area contributed by atoms with Crippen LogP contribution in [0.5, 0.6) is 5.75 Å². The van der Waals surface area contributed by atoms with Crippen LogP contribution >= 0.6 is 0 Å². The first-order valence-electron chi connectivity index (χ1n) is 6.78. The number of hydrogen-bond donors (Lipinski definition) is 0. The minimum atomic E-state index is -0.369. The highest BCUT2D eigenvalue weighted by Gasteiger charge is 2.05. The second kappa shape index (κ2) is 8.35. The summed E-state index contributed by atoms with van der Waals surface area (Å²) in [5.41, 5.74) is 1.17. The van der Waals surface area contributed by atoms with E-state index >= 15 is 0 Å². The first-order valence-corrected chi connectivity index (χ1v) is 6.78. The van der Waals surface area contributed by atoms with Crippen LogP contribution in [0.1, 0.15) is 39.2 Å². The number of benzene rings is 1. The molecular formula is C16H22O3. The first kappa shape index (κ1) is 15.3. The number of esters is 1. The van der Waals surface area contributed by atoms with E-state index in [1.807, 2.05) is 18.2 Å². The molecule has 0 amide bonds. The van der Waals surface area contributed by atoms with Crippen molar-refractivity contribution in [2.45, 2.75) is 40.0 Å². The summed E-state index contributed by atoms with van der Waals surface area (Å²) in [5.74, 6) is 0.988. The second-order valence-corrected chi connectivity index (χ2v) is 4.32. The molecule has 0 saturated heterocycles. The molecule has 1 aromatic rings. The van der Waals surface area contributed by atoms with Crippen LogP contribution in [0.25, 0.3) is 0 Å². The second-order valence-electron chi connectivity index (χ2n) is 4.32. The Balaban J connectivity index is 2.72. The zero-order chi connectivity index (χ0) is 14.1. The lowest BCUT2D eigenvalue weighted by molar-refractivity contribution is -0.137. The predicted octanol–water partition coefficient (Wildman–Crippen LogP) is 3.87. The Morgan fingerprint density at radius 1 is 1.26 bits per heavy atom. The quantitative estimate of drug-likeness (QED) is 0.425. The zero-order valence-electron chi connectivity index (χ0n) is 11.9. The maximum atomic E-state index is 11.3. The summed E-state index contributed by atoms with van der Waals surface area (Å²) in [6, 6.07) is 7.92. The molecule has 3 heteroatoms. The van der Waals surface area contributed by atoms with Crippen molar-refractivity contribution in [2.75, 3.05) is 6.61 Å². The number of unbranched alkanes of at least 4 members (excludes halogenated alkanes) is 1. The molecule has 0 fully saturated rings. The van der Waals surface area contributed by atoms with Crippen LogP contribution in [0.2, 0.25) is 0 Å². The molecule has 0 atom stereocenters. The minimum Gasteiger partial charge on any atom is -0.463 e. The van der Waals surface area contributed by atoms with Gasteiger partial charge in [0.15, 0.2) is 0 Å². The summed E-state index contributed by atoms with van der Waals surface area (Å²) < 4.78 is 10.6. The van der Waals surface area contributed by atoms with E-state index in [0.717, 1.165) is 25.0 Å². The van der Waals surface area contributed by atoms with E-state index < -0.39 is 0 Å². The standard InChI is InChI=1S/C16H22O3/c1-4-6-9-14-10-7-8-11-15(14)19-13(3)12-16(17)18-5-2/h7-8,10-12H,4-6,9H2,1-3H3. The van der Waals surface area contributed by atoms with Gasteiger partial charge in [-0.3, -0.25) is 0 Å². The van der Waals surface area contributed by atoms with Gasteiger partial charge in [-0.15, -0.1) is 0 Å². The maximum absolute atomic E-state index is 11.3. The summed E-state index contributed by atoms with van der Waals surface area (Å²) >= 11 is 0. The van der Waals surface area contributed by atoms with Crippen molar-refractivity contribution in [3.8, 4) is 5.75 Å². The number of ether oxygens (including phenoxy) is 2. The van der Waals surface area contributed by atoms with Crippen LogP contribution in [-0.4, -0.2) is 12.6 Å². The van der Waals surface area contributed by atoms with E-state index in [9.17, 15) is 4.79 Å². The highest BCUT2D eigenvalue weighted by atomic mass is 16.5. The minimum absolute atomic E-state index is 0.369. The smallest absolute Gasteiger partial charge is 0.334 e. The lowest BCUT2D eigenvalue weighted by Crippen LogP contribution is -2.03. The molecule has 0 N–H and O–H groups in total. The highest BCUT2D eigenvalue weighted by molar-refractivity contribution is 5.82. The fourth-order valence-electron chi connectivity index (χ4n) is 1.73. The normalized spacial score (nSPS) is 11.2. The van der Waals surface area contributed by atoms with Crippen molar-refractivity contribution in [1.82, 2.24) is 0 Å². The Bertz CT molecular complexity index is 435. The Morgan fingerprint density at radius 3 is 2.68 bits per heavy atom. The highest BCUT2D eigenvalue weighted by Crippen LogP contribution is 2.22. The van der Waals surface area contributed by atoms with Gasteiger partial charge in [-0.1, -0.05) is 31.5 Å². The van der Waals surface area contributed by atoms with Crippen LogP contribution in [0, 0.1) is 0 Å². The van der Waals surface area contributed by atoms with Gasteiger partial charge in [-0.05, 0) is 38.3 Å². The Kier molecular flexibility index (Phi) is 6.72. The fraction of sp³-hybridized carbons (Fsp3) is 0.438. The molecule has 1 aromatic carbocycles. The third kappa shape index (κ3) is 5.60. The topological polar surface area (TPSA) is 35.5 Å². The molecule has 0 spiro atoms. The third-order valence-corrected chi connectivity index (χ3v) is 2.65. The SMILES string of the molecule is CCCCc1ccccc1OC(C)=CC(=O)OCC. The van der Waals surface area contributed by atoms with Crippen molar-refractivity contribution >= 4 is 5.97 Å². The summed E-state index contributed by atoms with van der Waals surface area (Å²) in [6.45, 7) is 6.07. The van der Waals surface area contributed by atoms with E-state index in [1.54, 1.807) is 13.8 Å². The van der Waals surface area contributed by atoms with Gasteiger partial charge in [0.05, 0.1) is 12.7 Å². The molecule has 0 aromatic heterocycles. The third-order valence-electron chi connectivity index (χ3n) is 2.65. The lowest BCUT2D eigenvalue weighted by Gasteiger charge is -2.11.